The maximum Gasteiger partial charge on any atom is 0.0994 e. The molecular formula is C28H16Br2I2N2. The van der Waals surface area contributed by atoms with E-state index in [-0.39, 0.29) is 0 Å². The second kappa shape index (κ2) is 11.3. The number of hydrogen-bond acceptors (Lipinski definition) is 2. The Morgan fingerprint density at radius 3 is 1.24 bits per heavy atom. The first kappa shape index (κ1) is 25.4. The van der Waals surface area contributed by atoms with Gasteiger partial charge in [0.1, 0.15) is 0 Å². The number of halogens is 4. The average molecular weight is 794 g/mol. The molecule has 0 radical (unpaired) electrons. The number of benzene rings is 4. The summed E-state index contributed by atoms with van der Waals surface area (Å²) in [7, 11) is 0. The van der Waals surface area contributed by atoms with Crippen molar-refractivity contribution in [2.75, 3.05) is 0 Å². The zero-order chi connectivity index (χ0) is 24.2. The molecular weight excluding hydrogens is 778 g/mol. The van der Waals surface area contributed by atoms with Crippen molar-refractivity contribution in [3.63, 3.8) is 0 Å². The molecule has 0 saturated carbocycles. The summed E-state index contributed by atoms with van der Waals surface area (Å²) < 4.78 is 4.17. The molecule has 0 aromatic heterocycles. The first-order valence-electron chi connectivity index (χ1n) is 10.3. The minimum Gasteiger partial charge on any atom is -0.192 e. The molecule has 0 heterocycles. The number of rotatable bonds is 5. The molecule has 0 unspecified atom stereocenters. The molecule has 4 aromatic carbocycles. The maximum absolute atomic E-state index is 9.98. The summed E-state index contributed by atoms with van der Waals surface area (Å²) in [5.41, 5.74) is 7.63. The van der Waals surface area contributed by atoms with Gasteiger partial charge in [0.2, 0.25) is 0 Å². The van der Waals surface area contributed by atoms with Crippen LogP contribution in [0, 0.1) is 29.8 Å². The van der Waals surface area contributed by atoms with Crippen LogP contribution in [-0.4, -0.2) is 0 Å². The van der Waals surface area contributed by atoms with Crippen LogP contribution in [0.3, 0.4) is 0 Å². The Kier molecular flexibility index (Phi) is 8.47. The van der Waals surface area contributed by atoms with Crippen molar-refractivity contribution in [3.8, 4) is 23.3 Å². The van der Waals surface area contributed by atoms with E-state index in [9.17, 15) is 10.5 Å². The monoisotopic (exact) mass is 792 g/mol. The topological polar surface area (TPSA) is 47.6 Å². The SMILES string of the molecule is N#Cc1ccc(I)c(-c2c(I)ccc(C#N)c2Cc2ccc(Br)cc2)c1Cc1ccc(Br)cc1. The van der Waals surface area contributed by atoms with E-state index >= 15 is 0 Å². The van der Waals surface area contributed by atoms with E-state index < -0.39 is 0 Å². The van der Waals surface area contributed by atoms with E-state index in [1.54, 1.807) is 0 Å². The second-order valence-electron chi connectivity index (χ2n) is 7.73. The van der Waals surface area contributed by atoms with Gasteiger partial charge >= 0.3 is 0 Å². The van der Waals surface area contributed by atoms with Crippen molar-refractivity contribution in [1.82, 2.24) is 0 Å². The Balaban J connectivity index is 1.97. The van der Waals surface area contributed by atoms with Gasteiger partial charge in [-0.25, -0.2) is 0 Å². The number of nitriles is 2. The third-order valence-electron chi connectivity index (χ3n) is 5.60. The molecule has 0 aliphatic carbocycles. The lowest BCUT2D eigenvalue weighted by Crippen LogP contribution is -2.05. The van der Waals surface area contributed by atoms with Gasteiger partial charge in [0.25, 0.3) is 0 Å². The molecule has 6 heteroatoms. The number of hydrogen-bond donors (Lipinski definition) is 0. The van der Waals surface area contributed by atoms with E-state index in [0.717, 1.165) is 49.5 Å². The van der Waals surface area contributed by atoms with Gasteiger partial charge in [0.15, 0.2) is 0 Å². The summed E-state index contributed by atoms with van der Waals surface area (Å²) in [6.07, 6.45) is 1.26. The zero-order valence-corrected chi connectivity index (χ0v) is 25.2. The minimum atomic E-state index is 0.632. The highest BCUT2D eigenvalue weighted by molar-refractivity contribution is 14.1. The lowest BCUT2D eigenvalue weighted by molar-refractivity contribution is 1.14. The van der Waals surface area contributed by atoms with Crippen LogP contribution in [-0.2, 0) is 12.8 Å². The van der Waals surface area contributed by atoms with Gasteiger partial charge in [0.05, 0.1) is 23.3 Å². The van der Waals surface area contributed by atoms with E-state index in [4.69, 9.17) is 0 Å². The fourth-order valence-electron chi connectivity index (χ4n) is 3.97. The van der Waals surface area contributed by atoms with E-state index in [1.807, 2.05) is 48.5 Å². The molecule has 2 nitrogen and oxygen atoms in total. The third kappa shape index (κ3) is 5.57. The smallest absolute Gasteiger partial charge is 0.0994 e. The Labute approximate surface area is 243 Å². The first-order chi connectivity index (χ1) is 16.4. The molecule has 0 bridgehead atoms. The quantitative estimate of drug-likeness (QED) is 0.190. The second-order valence-corrected chi connectivity index (χ2v) is 11.9. The van der Waals surface area contributed by atoms with Crippen LogP contribution in [0.15, 0.2) is 81.7 Å². The van der Waals surface area contributed by atoms with E-state index in [0.29, 0.717) is 24.0 Å². The molecule has 34 heavy (non-hydrogen) atoms. The zero-order valence-electron chi connectivity index (χ0n) is 17.7. The standard InChI is InChI=1S/C28H16Br2I2N2/c29-21-7-1-17(2-8-21)13-23-19(15-33)5-11-25(31)27(23)28-24(20(16-34)6-12-26(28)32)14-18-3-9-22(30)10-4-18/h1-12H,13-14H2. The molecule has 0 saturated heterocycles. The Hall–Kier alpha value is -1.72. The van der Waals surface area contributed by atoms with Crippen molar-refractivity contribution >= 4 is 77.0 Å². The molecule has 0 fully saturated rings. The van der Waals surface area contributed by atoms with Crippen LogP contribution < -0.4 is 0 Å². The van der Waals surface area contributed by atoms with Gasteiger partial charge in [0, 0.05) is 27.2 Å². The predicted octanol–water partition coefficient (Wildman–Crippen LogP) is 9.01. The highest BCUT2D eigenvalue weighted by Crippen LogP contribution is 2.40. The summed E-state index contributed by atoms with van der Waals surface area (Å²) in [6, 6.07) is 29.0. The fourth-order valence-corrected chi connectivity index (χ4v) is 6.05. The summed E-state index contributed by atoms with van der Waals surface area (Å²) in [5.74, 6) is 0. The van der Waals surface area contributed by atoms with Gasteiger partial charge in [-0.2, -0.15) is 10.5 Å². The van der Waals surface area contributed by atoms with Gasteiger partial charge in [-0.1, -0.05) is 56.1 Å². The van der Waals surface area contributed by atoms with E-state index in [2.05, 4.69) is 113 Å². The van der Waals surface area contributed by atoms with Crippen molar-refractivity contribution in [1.29, 1.82) is 10.5 Å². The average Bonchev–Trinajstić information content (AvgIpc) is 2.83. The Morgan fingerprint density at radius 2 is 0.912 bits per heavy atom. The minimum absolute atomic E-state index is 0.632. The Bertz CT molecular complexity index is 1340. The lowest BCUT2D eigenvalue weighted by Gasteiger charge is -2.20. The van der Waals surface area contributed by atoms with Crippen molar-refractivity contribution < 1.29 is 0 Å². The highest BCUT2D eigenvalue weighted by Gasteiger charge is 2.22. The largest absolute Gasteiger partial charge is 0.192 e. The highest BCUT2D eigenvalue weighted by atomic mass is 127. The summed E-state index contributed by atoms with van der Waals surface area (Å²) in [6.45, 7) is 0. The maximum atomic E-state index is 9.98. The molecule has 0 amide bonds. The normalized spacial score (nSPS) is 10.5. The number of nitrogens with zero attached hydrogens (tertiary/aromatic N) is 2. The van der Waals surface area contributed by atoms with E-state index in [1.165, 1.54) is 0 Å². The summed E-state index contributed by atoms with van der Waals surface area (Å²) in [4.78, 5) is 0. The molecule has 0 spiro atoms. The van der Waals surface area contributed by atoms with Gasteiger partial charge in [-0.05, 0) is 129 Å². The van der Waals surface area contributed by atoms with Crippen LogP contribution in [0.1, 0.15) is 33.4 Å². The van der Waals surface area contributed by atoms with Crippen LogP contribution in [0.2, 0.25) is 0 Å². The van der Waals surface area contributed by atoms with Crippen LogP contribution >= 0.6 is 77.0 Å². The molecule has 0 aliphatic rings. The van der Waals surface area contributed by atoms with Crippen LogP contribution in [0.25, 0.3) is 11.1 Å². The first-order valence-corrected chi connectivity index (χ1v) is 14.1. The van der Waals surface area contributed by atoms with Crippen molar-refractivity contribution in [2.24, 2.45) is 0 Å². The lowest BCUT2D eigenvalue weighted by atomic mass is 9.86. The van der Waals surface area contributed by atoms with Gasteiger partial charge in [-0.3, -0.25) is 0 Å². The van der Waals surface area contributed by atoms with Gasteiger partial charge < -0.3 is 0 Å². The molecule has 4 rings (SSSR count). The fraction of sp³-hybridized carbons (Fsp3) is 0.0714. The molecule has 4 aromatic rings. The van der Waals surface area contributed by atoms with Crippen molar-refractivity contribution in [2.45, 2.75) is 12.8 Å². The van der Waals surface area contributed by atoms with Crippen molar-refractivity contribution in [3.05, 3.63) is 122 Å². The molecule has 166 valence electrons. The molecule has 0 atom stereocenters. The third-order valence-corrected chi connectivity index (χ3v) is 8.46. The molecule has 0 aliphatic heterocycles. The van der Waals surface area contributed by atoms with Crippen LogP contribution in [0.5, 0.6) is 0 Å². The predicted molar refractivity (Wildman–Crippen MR) is 161 cm³/mol. The Morgan fingerprint density at radius 1 is 0.559 bits per heavy atom. The van der Waals surface area contributed by atoms with Crippen LogP contribution in [0.4, 0.5) is 0 Å². The van der Waals surface area contributed by atoms with Gasteiger partial charge in [-0.15, -0.1) is 0 Å². The summed E-state index contributed by atoms with van der Waals surface area (Å²) in [5, 5.41) is 20.0. The molecule has 0 N–H and O–H groups in total. The summed E-state index contributed by atoms with van der Waals surface area (Å²) >= 11 is 11.7.